The van der Waals surface area contributed by atoms with Crippen LogP contribution in [-0.2, 0) is 0 Å². The Labute approximate surface area is 111 Å². The topological polar surface area (TPSA) is 6.48 Å². The Balaban J connectivity index is 4.93. The molecule has 0 N–H and O–H groups in total. The van der Waals surface area contributed by atoms with Crippen molar-refractivity contribution in [3.63, 3.8) is 0 Å². The summed E-state index contributed by atoms with van der Waals surface area (Å²) in [7, 11) is -0.967. The highest BCUT2D eigenvalue weighted by Crippen LogP contribution is 2.27. The highest BCUT2D eigenvalue weighted by atomic mass is 28.3. The van der Waals surface area contributed by atoms with Crippen molar-refractivity contribution >= 4 is 9.12 Å². The van der Waals surface area contributed by atoms with Crippen LogP contribution < -0.4 is 0 Å². The molecule has 0 amide bonds. The van der Waals surface area contributed by atoms with Gasteiger partial charge in [-0.3, -0.25) is 0 Å². The predicted molar refractivity (Wildman–Crippen MR) is 81.9 cm³/mol. The van der Waals surface area contributed by atoms with Gasteiger partial charge in [-0.25, -0.2) is 0 Å². The van der Waals surface area contributed by atoms with Crippen molar-refractivity contribution in [2.75, 3.05) is 26.2 Å². The van der Waals surface area contributed by atoms with Crippen LogP contribution in [0.1, 0.15) is 54.9 Å². The molecule has 2 unspecified atom stereocenters. The van der Waals surface area contributed by atoms with Crippen LogP contribution in [0.25, 0.3) is 0 Å². The van der Waals surface area contributed by atoms with E-state index in [2.05, 4.69) is 57.6 Å². The molecule has 0 fully saturated rings. The quantitative estimate of drug-likeness (QED) is 0.585. The molecule has 0 heterocycles. The van der Waals surface area contributed by atoms with Crippen molar-refractivity contribution < 1.29 is 0 Å². The smallest absolute Gasteiger partial charge is 0.193 e. The molecule has 0 spiro atoms. The van der Waals surface area contributed by atoms with E-state index in [4.69, 9.17) is 0 Å². The summed E-state index contributed by atoms with van der Waals surface area (Å²) >= 11 is 0. The Bertz CT molecular complexity index is 167. The van der Waals surface area contributed by atoms with Gasteiger partial charge in [-0.15, -0.1) is 0 Å². The fraction of sp³-hybridized carbons (Fsp3) is 1.00. The SMILES string of the molecule is CCC(C)C(C)[SiH](N(CC)CC)N(CC)CC. The molecule has 0 radical (unpaired) electrons. The maximum absolute atomic E-state index is 2.75. The second-order valence-corrected chi connectivity index (χ2v) is 8.44. The normalized spacial score (nSPS) is 15.9. The Morgan fingerprint density at radius 1 is 0.765 bits per heavy atom. The minimum absolute atomic E-state index is 0.855. The Kier molecular flexibility index (Phi) is 9.19. The lowest BCUT2D eigenvalue weighted by Gasteiger charge is -2.42. The summed E-state index contributed by atoms with van der Waals surface area (Å²) in [5, 5.41) is 0. The van der Waals surface area contributed by atoms with Gasteiger partial charge in [0.05, 0.1) is 0 Å². The maximum atomic E-state index is 2.75. The van der Waals surface area contributed by atoms with Crippen LogP contribution in [0, 0.1) is 5.92 Å². The third kappa shape index (κ3) is 4.72. The maximum Gasteiger partial charge on any atom is 0.193 e. The third-order valence-electron chi connectivity index (χ3n) is 4.38. The van der Waals surface area contributed by atoms with Crippen molar-refractivity contribution in [1.29, 1.82) is 0 Å². The van der Waals surface area contributed by atoms with E-state index in [0.29, 0.717) is 0 Å². The Hall–Kier alpha value is 0.137. The zero-order valence-electron chi connectivity index (χ0n) is 13.2. The summed E-state index contributed by atoms with van der Waals surface area (Å²) in [5.41, 5.74) is 0.875. The first kappa shape index (κ1) is 17.1. The van der Waals surface area contributed by atoms with E-state index in [1.807, 2.05) is 0 Å². The van der Waals surface area contributed by atoms with E-state index >= 15 is 0 Å². The van der Waals surface area contributed by atoms with Crippen molar-refractivity contribution in [2.24, 2.45) is 5.92 Å². The predicted octanol–water partition coefficient (Wildman–Crippen LogP) is 3.33. The first-order valence-corrected chi connectivity index (χ1v) is 9.25. The summed E-state index contributed by atoms with van der Waals surface area (Å²) in [5.74, 6) is 0.855. The Morgan fingerprint density at radius 3 is 1.35 bits per heavy atom. The van der Waals surface area contributed by atoms with E-state index in [9.17, 15) is 0 Å². The second kappa shape index (κ2) is 9.12. The molecule has 0 aliphatic heterocycles. The van der Waals surface area contributed by atoms with Gasteiger partial charge >= 0.3 is 0 Å². The summed E-state index contributed by atoms with van der Waals surface area (Å²) in [6.07, 6.45) is 1.31. The molecule has 3 heteroatoms. The van der Waals surface area contributed by atoms with Crippen molar-refractivity contribution in [1.82, 2.24) is 9.13 Å². The highest BCUT2D eigenvalue weighted by Gasteiger charge is 2.32. The van der Waals surface area contributed by atoms with E-state index in [-0.39, 0.29) is 0 Å². The van der Waals surface area contributed by atoms with Gasteiger partial charge in [-0.05, 0) is 37.6 Å². The fourth-order valence-corrected chi connectivity index (χ4v) is 6.91. The summed E-state index contributed by atoms with van der Waals surface area (Å²) in [6, 6.07) is 0. The van der Waals surface area contributed by atoms with Crippen LogP contribution in [0.4, 0.5) is 0 Å². The second-order valence-electron chi connectivity index (χ2n) is 5.10. The molecular weight excluding hydrogens is 224 g/mol. The van der Waals surface area contributed by atoms with Gasteiger partial charge in [0.2, 0.25) is 0 Å². The standard InChI is InChI=1S/C14H34N2Si/c1-8-13(6)14(7)17(15(9-2)10-3)16(11-4)12-5/h13-14,17H,8-12H2,1-7H3. The monoisotopic (exact) mass is 258 g/mol. The minimum Gasteiger partial charge on any atom is -0.314 e. The lowest BCUT2D eigenvalue weighted by molar-refractivity contribution is 0.347. The van der Waals surface area contributed by atoms with Crippen LogP contribution in [0.15, 0.2) is 0 Å². The van der Waals surface area contributed by atoms with Crippen LogP contribution in [0.3, 0.4) is 0 Å². The molecule has 17 heavy (non-hydrogen) atoms. The molecule has 0 rings (SSSR count). The van der Waals surface area contributed by atoms with Gasteiger partial charge in [0.1, 0.15) is 0 Å². The highest BCUT2D eigenvalue weighted by molar-refractivity contribution is 6.54. The first-order chi connectivity index (χ1) is 8.06. The van der Waals surface area contributed by atoms with Gasteiger partial charge in [0.25, 0.3) is 0 Å². The van der Waals surface area contributed by atoms with Gasteiger partial charge in [0, 0.05) is 0 Å². The molecule has 0 aliphatic carbocycles. The summed E-state index contributed by atoms with van der Waals surface area (Å²) in [6.45, 7) is 21.4. The van der Waals surface area contributed by atoms with Gasteiger partial charge < -0.3 is 9.13 Å². The van der Waals surface area contributed by atoms with Crippen molar-refractivity contribution in [2.45, 2.75) is 60.4 Å². The summed E-state index contributed by atoms with van der Waals surface area (Å²) < 4.78 is 5.51. The largest absolute Gasteiger partial charge is 0.314 e. The van der Waals surface area contributed by atoms with E-state index < -0.39 is 9.12 Å². The van der Waals surface area contributed by atoms with Crippen LogP contribution in [-0.4, -0.2) is 44.4 Å². The van der Waals surface area contributed by atoms with Crippen molar-refractivity contribution in [3.05, 3.63) is 0 Å². The third-order valence-corrected chi connectivity index (χ3v) is 8.94. The molecule has 0 aromatic carbocycles. The van der Waals surface area contributed by atoms with Gasteiger partial charge in [-0.2, -0.15) is 0 Å². The molecule has 2 nitrogen and oxygen atoms in total. The zero-order valence-corrected chi connectivity index (χ0v) is 14.3. The molecule has 0 saturated heterocycles. The average Bonchev–Trinajstić information content (AvgIpc) is 2.37. The lowest BCUT2D eigenvalue weighted by atomic mass is 10.1. The van der Waals surface area contributed by atoms with Crippen LogP contribution in [0.5, 0.6) is 0 Å². The molecular formula is C14H34N2Si. The Morgan fingerprint density at radius 2 is 1.12 bits per heavy atom. The van der Waals surface area contributed by atoms with Gasteiger partial charge in [0.15, 0.2) is 9.12 Å². The molecule has 104 valence electrons. The van der Waals surface area contributed by atoms with E-state index in [1.165, 1.54) is 32.6 Å². The minimum atomic E-state index is -0.967. The number of hydrogen-bond donors (Lipinski definition) is 0. The lowest BCUT2D eigenvalue weighted by Crippen LogP contribution is -2.55. The van der Waals surface area contributed by atoms with Crippen molar-refractivity contribution in [3.8, 4) is 0 Å². The molecule has 0 aromatic heterocycles. The molecule has 0 aliphatic rings. The average molecular weight is 259 g/mol. The summed E-state index contributed by atoms with van der Waals surface area (Å²) in [4.78, 5) is 0. The molecule has 0 aromatic rings. The first-order valence-electron chi connectivity index (χ1n) is 7.55. The molecule has 2 atom stereocenters. The van der Waals surface area contributed by atoms with Gasteiger partial charge in [-0.1, -0.05) is 54.9 Å². The number of hydrogen-bond acceptors (Lipinski definition) is 2. The fourth-order valence-electron chi connectivity index (χ4n) is 2.76. The van der Waals surface area contributed by atoms with Crippen LogP contribution in [0.2, 0.25) is 5.54 Å². The van der Waals surface area contributed by atoms with E-state index in [1.54, 1.807) is 0 Å². The number of rotatable bonds is 9. The zero-order chi connectivity index (χ0) is 13.4. The van der Waals surface area contributed by atoms with E-state index in [0.717, 1.165) is 11.5 Å². The molecule has 0 bridgehead atoms. The molecule has 0 saturated carbocycles. The van der Waals surface area contributed by atoms with Crippen LogP contribution >= 0.6 is 0 Å². The number of nitrogens with zero attached hydrogens (tertiary/aromatic N) is 2.